The van der Waals surface area contributed by atoms with Crippen LogP contribution in [0.4, 0.5) is 19.0 Å². The van der Waals surface area contributed by atoms with Crippen LogP contribution in [0.15, 0.2) is 71.8 Å². The van der Waals surface area contributed by atoms with Crippen LogP contribution in [0, 0.1) is 5.92 Å². The predicted molar refractivity (Wildman–Crippen MR) is 168 cm³/mol. The Hall–Kier alpha value is -3.52. The Bertz CT molecular complexity index is 1600. The van der Waals surface area contributed by atoms with Gasteiger partial charge in [0.15, 0.2) is 0 Å². The van der Waals surface area contributed by atoms with Gasteiger partial charge in [-0.05, 0) is 74.1 Å². The molecule has 242 valence electrons. The molecular formula is C31H35ClF3N5O4S. The number of anilines is 1. The van der Waals surface area contributed by atoms with Gasteiger partial charge in [-0.25, -0.2) is 13.4 Å². The number of nitrogens with one attached hydrogen (secondary N) is 3. The third kappa shape index (κ3) is 9.25. The Morgan fingerprint density at radius 3 is 2.53 bits per heavy atom. The minimum Gasteiger partial charge on any atom is -0.356 e. The number of aromatic nitrogens is 1. The smallest absolute Gasteiger partial charge is 0.356 e. The molecule has 3 heterocycles. The number of allylic oxidation sites excluding steroid dienone is 2. The molecule has 45 heavy (non-hydrogen) atoms. The molecule has 0 radical (unpaired) electrons. The lowest BCUT2D eigenvalue weighted by molar-refractivity contribution is -0.137. The summed E-state index contributed by atoms with van der Waals surface area (Å²) in [4.78, 5) is 29.1. The topological polar surface area (TPSA) is 120 Å². The summed E-state index contributed by atoms with van der Waals surface area (Å²) in [5, 5.41) is 5.83. The second kappa shape index (κ2) is 14.7. The molecule has 1 unspecified atom stereocenters. The molecule has 2 fully saturated rings. The van der Waals surface area contributed by atoms with Gasteiger partial charge in [-0.2, -0.15) is 17.9 Å². The number of piperidine rings is 2. The molecule has 2 amide bonds. The van der Waals surface area contributed by atoms with Crippen LogP contribution in [-0.2, 0) is 25.8 Å². The van der Waals surface area contributed by atoms with Crippen LogP contribution in [0.5, 0.6) is 0 Å². The summed E-state index contributed by atoms with van der Waals surface area (Å²) in [5.74, 6) is -0.983. The average Bonchev–Trinajstić information content (AvgIpc) is 2.98. The van der Waals surface area contributed by atoms with E-state index in [2.05, 4.69) is 26.9 Å². The molecule has 9 nitrogen and oxygen atoms in total. The number of sulfonamides is 1. The number of halogens is 4. The van der Waals surface area contributed by atoms with Crippen molar-refractivity contribution in [3.05, 3.63) is 82.4 Å². The molecule has 0 aliphatic carbocycles. The van der Waals surface area contributed by atoms with Crippen LogP contribution in [-0.4, -0.2) is 57.4 Å². The van der Waals surface area contributed by atoms with Gasteiger partial charge >= 0.3 is 6.18 Å². The lowest BCUT2D eigenvalue weighted by atomic mass is 9.96. The average molecular weight is 666 g/mol. The molecule has 14 heteroatoms. The minimum atomic E-state index is -4.57. The molecule has 2 aliphatic rings. The number of pyridine rings is 1. The van der Waals surface area contributed by atoms with Gasteiger partial charge in [-0.3, -0.25) is 14.9 Å². The fourth-order valence-corrected chi connectivity index (χ4v) is 6.67. The number of imide groups is 1. The highest BCUT2D eigenvalue weighted by molar-refractivity contribution is 7.93. The quantitative estimate of drug-likeness (QED) is 0.229. The summed E-state index contributed by atoms with van der Waals surface area (Å²) in [6, 6.07) is 6.71. The van der Waals surface area contributed by atoms with Crippen molar-refractivity contribution in [2.75, 3.05) is 31.1 Å². The molecule has 0 saturated carbocycles. The maximum absolute atomic E-state index is 14.0. The first-order valence-corrected chi connectivity index (χ1v) is 16.3. The van der Waals surface area contributed by atoms with E-state index in [1.165, 1.54) is 18.3 Å². The monoisotopic (exact) mass is 665 g/mol. The Kier molecular flexibility index (Phi) is 11.2. The molecule has 0 bridgehead atoms. The van der Waals surface area contributed by atoms with Crippen LogP contribution < -0.4 is 20.3 Å². The summed E-state index contributed by atoms with van der Waals surface area (Å²) in [6.45, 7) is 7.33. The number of rotatable bonds is 11. The molecule has 1 aromatic heterocycles. The van der Waals surface area contributed by atoms with Crippen LogP contribution >= 0.6 is 11.6 Å². The van der Waals surface area contributed by atoms with E-state index < -0.39 is 39.6 Å². The van der Waals surface area contributed by atoms with E-state index in [4.69, 9.17) is 11.6 Å². The summed E-state index contributed by atoms with van der Waals surface area (Å²) < 4.78 is 70.0. The van der Waals surface area contributed by atoms with Crippen molar-refractivity contribution in [1.82, 2.24) is 20.3 Å². The number of alkyl halides is 3. The SMILES string of the molecule is C=C(/C=C\C(=C/C)S(=O)(=O)NC1CCC(=O)NC1=O)CNCC1CCN(c2ncc(-c3cccc(Cl)c3)cc2C(F)(F)F)CC1. The number of carbonyl (C=O) groups excluding carboxylic acids is 2. The van der Waals surface area contributed by atoms with Gasteiger partial charge in [0, 0.05) is 42.8 Å². The lowest BCUT2D eigenvalue weighted by Crippen LogP contribution is -2.52. The first kappa shape index (κ1) is 34.4. The number of amides is 2. The van der Waals surface area contributed by atoms with E-state index >= 15 is 0 Å². The van der Waals surface area contributed by atoms with E-state index in [-0.39, 0.29) is 29.5 Å². The normalized spacial score (nSPS) is 18.8. The summed E-state index contributed by atoms with van der Waals surface area (Å²) in [7, 11) is -4.01. The van der Waals surface area contributed by atoms with E-state index in [9.17, 15) is 31.2 Å². The third-order valence-corrected chi connectivity index (χ3v) is 9.47. The number of hydrogen-bond acceptors (Lipinski definition) is 7. The van der Waals surface area contributed by atoms with Crippen molar-refractivity contribution in [3.8, 4) is 11.1 Å². The maximum atomic E-state index is 14.0. The maximum Gasteiger partial charge on any atom is 0.419 e. The molecule has 3 N–H and O–H groups in total. The van der Waals surface area contributed by atoms with E-state index in [0.717, 1.165) is 6.07 Å². The van der Waals surface area contributed by atoms with Crippen molar-refractivity contribution >= 4 is 39.3 Å². The third-order valence-electron chi connectivity index (χ3n) is 7.64. The van der Waals surface area contributed by atoms with Crippen molar-refractivity contribution in [2.24, 2.45) is 5.92 Å². The molecule has 2 aromatic rings. The fourth-order valence-electron chi connectivity index (χ4n) is 5.19. The van der Waals surface area contributed by atoms with Crippen LogP contribution in [0.2, 0.25) is 5.02 Å². The van der Waals surface area contributed by atoms with Crippen LogP contribution in [0.3, 0.4) is 0 Å². The van der Waals surface area contributed by atoms with Crippen molar-refractivity contribution in [2.45, 2.75) is 44.8 Å². The standard InChI is InChI=1S/C31H35ClF3N5O4S/c1-3-25(45(43,44)39-27-9-10-28(41)38-30(27)42)8-7-20(2)17-36-18-21-11-13-40(14-12-21)29-26(31(33,34)35)16-23(19-37-29)22-5-4-6-24(32)15-22/h3-8,15-16,19,21,27,36,39H,2,9-14,17-18H2,1H3,(H,38,41,42)/b8-7-,25-3+. The number of carbonyl (C=O) groups is 2. The van der Waals surface area contributed by atoms with Gasteiger partial charge in [-0.15, -0.1) is 0 Å². The Morgan fingerprint density at radius 1 is 1.16 bits per heavy atom. The highest BCUT2D eigenvalue weighted by Gasteiger charge is 2.37. The predicted octanol–water partition coefficient (Wildman–Crippen LogP) is 4.97. The summed E-state index contributed by atoms with van der Waals surface area (Å²) >= 11 is 6.02. The van der Waals surface area contributed by atoms with Gasteiger partial charge in [-0.1, -0.05) is 42.5 Å². The molecule has 4 rings (SSSR count). The first-order valence-electron chi connectivity index (χ1n) is 14.4. The second-order valence-electron chi connectivity index (χ2n) is 11.0. The molecule has 1 aromatic carbocycles. The summed E-state index contributed by atoms with van der Waals surface area (Å²) in [5.41, 5.74) is 0.726. The second-order valence-corrected chi connectivity index (χ2v) is 13.1. The number of hydrogen-bond donors (Lipinski definition) is 3. The van der Waals surface area contributed by atoms with Gasteiger partial charge in [0.1, 0.15) is 11.9 Å². The zero-order valence-corrected chi connectivity index (χ0v) is 26.2. The molecule has 2 saturated heterocycles. The van der Waals surface area contributed by atoms with E-state index in [1.807, 2.05) is 0 Å². The van der Waals surface area contributed by atoms with E-state index in [0.29, 0.717) is 60.7 Å². The fraction of sp³-hybridized carbons (Fsp3) is 0.387. The van der Waals surface area contributed by atoms with Gasteiger partial charge in [0.25, 0.3) is 0 Å². The van der Waals surface area contributed by atoms with Crippen molar-refractivity contribution in [1.29, 1.82) is 0 Å². The summed E-state index contributed by atoms with van der Waals surface area (Å²) in [6.07, 6.45) is 2.67. The zero-order chi connectivity index (χ0) is 32.8. The van der Waals surface area contributed by atoms with Crippen molar-refractivity contribution < 1.29 is 31.2 Å². The van der Waals surface area contributed by atoms with Crippen LogP contribution in [0.25, 0.3) is 11.1 Å². The highest BCUT2D eigenvalue weighted by atomic mass is 35.5. The van der Waals surface area contributed by atoms with Crippen molar-refractivity contribution in [3.63, 3.8) is 0 Å². The Balaban J connectivity index is 1.27. The van der Waals surface area contributed by atoms with Crippen LogP contribution in [0.1, 0.15) is 38.2 Å². The van der Waals surface area contributed by atoms with E-state index in [1.54, 1.807) is 42.2 Å². The lowest BCUT2D eigenvalue weighted by Gasteiger charge is -2.34. The Morgan fingerprint density at radius 2 is 1.89 bits per heavy atom. The molecular weight excluding hydrogens is 631 g/mol. The zero-order valence-electron chi connectivity index (χ0n) is 24.7. The number of benzene rings is 1. The molecule has 1 atom stereocenters. The minimum absolute atomic E-state index is 0.0465. The molecule has 2 aliphatic heterocycles. The first-order chi connectivity index (χ1) is 21.3. The number of nitrogens with zero attached hydrogens (tertiary/aromatic N) is 2. The van der Waals surface area contributed by atoms with Gasteiger partial charge < -0.3 is 10.2 Å². The molecule has 0 spiro atoms. The van der Waals surface area contributed by atoms with Gasteiger partial charge in [0.05, 0.1) is 10.5 Å². The van der Waals surface area contributed by atoms with Gasteiger partial charge in [0.2, 0.25) is 21.8 Å². The Labute approximate surface area is 265 Å². The largest absolute Gasteiger partial charge is 0.419 e. The highest BCUT2D eigenvalue weighted by Crippen LogP contribution is 2.39.